The number of amides is 2. The van der Waals surface area contributed by atoms with Crippen LogP contribution in [0.1, 0.15) is 18.9 Å². The molecule has 2 amide bonds. The van der Waals surface area contributed by atoms with Crippen LogP contribution >= 0.6 is 0 Å². The lowest BCUT2D eigenvalue weighted by Crippen LogP contribution is -2.62. The highest BCUT2D eigenvalue weighted by Gasteiger charge is 2.45. The van der Waals surface area contributed by atoms with Gasteiger partial charge in [-0.25, -0.2) is 5.06 Å². The summed E-state index contributed by atoms with van der Waals surface area (Å²) in [5, 5.41) is 16.2. The van der Waals surface area contributed by atoms with Crippen molar-refractivity contribution in [3.63, 3.8) is 0 Å². The average molecular weight is 401 g/mol. The van der Waals surface area contributed by atoms with Gasteiger partial charge in [0.2, 0.25) is 5.91 Å². The summed E-state index contributed by atoms with van der Waals surface area (Å²) < 4.78 is 0. The smallest absolute Gasteiger partial charge is 0.393 e. The molecular weight excluding hydrogens is 382 g/mol. The van der Waals surface area contributed by atoms with Gasteiger partial charge in [-0.1, -0.05) is 29.4 Å². The van der Waals surface area contributed by atoms with Crippen LogP contribution in [-0.4, -0.2) is 57.5 Å². The first-order valence-corrected chi connectivity index (χ1v) is 8.57. The lowest BCUT2D eigenvalue weighted by molar-refractivity contribution is -0.178. The summed E-state index contributed by atoms with van der Waals surface area (Å²) in [6.45, 7) is 1.39. The van der Waals surface area contributed by atoms with E-state index in [2.05, 4.69) is 20.1 Å². The van der Waals surface area contributed by atoms with Crippen LogP contribution in [0.3, 0.4) is 0 Å². The van der Waals surface area contributed by atoms with E-state index in [0.717, 1.165) is 5.06 Å². The van der Waals surface area contributed by atoms with Gasteiger partial charge in [-0.15, -0.1) is 0 Å². The molecule has 0 spiro atoms. The Morgan fingerprint density at radius 1 is 1.34 bits per heavy atom. The van der Waals surface area contributed by atoms with Gasteiger partial charge in [-0.3, -0.25) is 19.2 Å². The molecule has 3 atom stereocenters. The number of aliphatic hydroxyl groups is 1. The second-order valence-corrected chi connectivity index (χ2v) is 6.39. The van der Waals surface area contributed by atoms with Crippen LogP contribution in [0.2, 0.25) is 0 Å². The fraction of sp³-hybridized carbons (Fsp3) is 0.412. The van der Waals surface area contributed by atoms with Crippen molar-refractivity contribution in [3.05, 3.63) is 45.8 Å². The van der Waals surface area contributed by atoms with Gasteiger partial charge in [0.05, 0.1) is 18.1 Å². The maximum atomic E-state index is 12.3. The zero-order chi connectivity index (χ0) is 21.6. The fourth-order valence-corrected chi connectivity index (χ4v) is 2.79. The first kappa shape index (κ1) is 21.7. The van der Waals surface area contributed by atoms with E-state index in [9.17, 15) is 19.5 Å². The lowest BCUT2D eigenvalue weighted by Gasteiger charge is -2.37. The number of nitrogens with zero attached hydrogens (tertiary/aromatic N) is 6. The summed E-state index contributed by atoms with van der Waals surface area (Å²) in [5.41, 5.74) is 17.8. The van der Waals surface area contributed by atoms with Crippen molar-refractivity contribution in [1.29, 1.82) is 0 Å². The summed E-state index contributed by atoms with van der Waals surface area (Å²) in [4.78, 5) is 46.8. The van der Waals surface area contributed by atoms with Gasteiger partial charge in [-0.2, -0.15) is 4.79 Å². The fourth-order valence-electron chi connectivity index (χ4n) is 2.79. The molecule has 1 aromatic rings. The molecule has 2 N–H and O–H groups in total. The number of hydrogen-bond donors (Lipinski definition) is 2. The molecule has 0 aromatic heterocycles. The third kappa shape index (κ3) is 5.24. The molecule has 12 nitrogen and oxygen atoms in total. The molecular formula is C17H19N7O5. The Hall–Kier alpha value is -3.56. The minimum atomic E-state index is -0.970. The number of Topliss-reactive ketones (excluding diaryl/α,β-unsaturated/α-hetero) is 1. The predicted molar refractivity (Wildman–Crippen MR) is 98.2 cm³/mol. The number of benzene rings is 1. The monoisotopic (exact) mass is 401 g/mol. The van der Waals surface area contributed by atoms with E-state index in [1.54, 1.807) is 24.3 Å². The zero-order valence-corrected chi connectivity index (χ0v) is 15.7. The van der Waals surface area contributed by atoms with Gasteiger partial charge in [0, 0.05) is 24.1 Å². The van der Waals surface area contributed by atoms with Crippen molar-refractivity contribution in [2.24, 2.45) is 11.0 Å². The van der Waals surface area contributed by atoms with Crippen molar-refractivity contribution in [3.8, 4) is 0 Å². The van der Waals surface area contributed by atoms with Gasteiger partial charge in [0.25, 0.3) is 5.78 Å². The van der Waals surface area contributed by atoms with Crippen LogP contribution in [0.5, 0.6) is 0 Å². The second-order valence-electron chi connectivity index (χ2n) is 6.39. The number of β-lactam (4-membered cyclic amide) rings is 1. The van der Waals surface area contributed by atoms with E-state index in [4.69, 9.17) is 15.9 Å². The van der Waals surface area contributed by atoms with Crippen molar-refractivity contribution < 1.29 is 29.1 Å². The summed E-state index contributed by atoms with van der Waals surface area (Å²) in [6.07, 6.45) is -1.26. The molecule has 1 aromatic carbocycles. The van der Waals surface area contributed by atoms with Crippen LogP contribution < -0.4 is 5.32 Å². The molecule has 0 bridgehead atoms. The van der Waals surface area contributed by atoms with Gasteiger partial charge < -0.3 is 16.0 Å². The topological polar surface area (TPSA) is 181 Å². The van der Waals surface area contributed by atoms with Gasteiger partial charge >= 0.3 is 11.6 Å². The summed E-state index contributed by atoms with van der Waals surface area (Å²) >= 11 is 0. The molecule has 1 saturated heterocycles. The Labute approximate surface area is 165 Å². The van der Waals surface area contributed by atoms with E-state index >= 15 is 0 Å². The van der Waals surface area contributed by atoms with Crippen molar-refractivity contribution in [2.45, 2.75) is 32.1 Å². The Kier molecular flexibility index (Phi) is 7.18. The number of hydroxylamine groups is 2. The quantitative estimate of drug-likeness (QED) is 0.117. The van der Waals surface area contributed by atoms with Crippen molar-refractivity contribution >= 4 is 29.0 Å². The number of carbonyl (C=O) groups is 3. The third-order valence-electron chi connectivity index (χ3n) is 4.36. The third-order valence-corrected chi connectivity index (χ3v) is 4.36. The maximum absolute atomic E-state index is 12.3. The number of rotatable bonds is 9. The van der Waals surface area contributed by atoms with E-state index < -0.39 is 41.4 Å². The lowest BCUT2D eigenvalue weighted by atomic mass is 9.82. The number of ketones is 1. The molecule has 2 rings (SSSR count). The first-order chi connectivity index (χ1) is 13.8. The average Bonchev–Trinajstić information content (AvgIpc) is 2.66. The summed E-state index contributed by atoms with van der Waals surface area (Å²) in [6, 6.07) is 5.74. The highest BCUT2D eigenvalue weighted by atomic mass is 16.7. The molecule has 1 fully saturated rings. The van der Waals surface area contributed by atoms with E-state index in [1.165, 1.54) is 14.0 Å². The Morgan fingerprint density at radius 2 is 2.00 bits per heavy atom. The van der Waals surface area contributed by atoms with Crippen LogP contribution in [0.25, 0.3) is 16.0 Å². The predicted octanol–water partition coefficient (Wildman–Crippen LogP) is 0.644. The largest absolute Gasteiger partial charge is 0.424 e. The zero-order valence-electron chi connectivity index (χ0n) is 15.7. The van der Waals surface area contributed by atoms with E-state index in [0.29, 0.717) is 11.3 Å². The standard InChI is InChI=1S/C17H19N7O5/c1-9(25)14-12(20-16(14)27)7-13(26)15(21-18)17(28)24(2)29-8-10-3-5-11(6-4-10)22-23-19/h3-6,9,12,14,25H,7-8H2,1-2H3,(H,20,27)/t9-,12-,14-/m1/s1. The number of nitrogens with one attached hydrogen (secondary N) is 1. The number of carbonyl (C=O) groups excluding carboxylic acids is 3. The van der Waals surface area contributed by atoms with Gasteiger partial charge in [-0.05, 0) is 18.0 Å². The van der Waals surface area contributed by atoms with E-state index in [1.807, 2.05) is 0 Å². The molecule has 1 heterocycles. The van der Waals surface area contributed by atoms with Crippen molar-refractivity contribution in [2.75, 3.05) is 7.05 Å². The number of aliphatic hydroxyl groups excluding tert-OH is 1. The van der Waals surface area contributed by atoms with E-state index in [-0.39, 0.29) is 13.0 Å². The molecule has 0 saturated carbocycles. The molecule has 1 aliphatic rings. The Morgan fingerprint density at radius 3 is 2.52 bits per heavy atom. The Bertz CT molecular complexity index is 901. The number of azide groups is 1. The molecule has 12 heteroatoms. The highest BCUT2D eigenvalue weighted by molar-refractivity contribution is 6.63. The van der Waals surface area contributed by atoms with Crippen LogP contribution in [0.4, 0.5) is 5.69 Å². The van der Waals surface area contributed by atoms with Gasteiger partial charge in [0.1, 0.15) is 6.61 Å². The minimum Gasteiger partial charge on any atom is -0.393 e. The SMILES string of the molecule is C[C@@H](O)[C@H]1C(=O)N[C@@H]1CC(=O)C(=[N+]=[N-])C(=O)N(C)OCc1ccc(N=[N+]=[N-])cc1. The normalized spacial score (nSPS) is 18.4. The van der Waals surface area contributed by atoms with Crippen molar-refractivity contribution in [1.82, 2.24) is 10.4 Å². The summed E-state index contributed by atoms with van der Waals surface area (Å²) in [7, 11) is 1.25. The molecule has 0 unspecified atom stereocenters. The number of hydrogen-bond acceptors (Lipinski definition) is 6. The molecule has 0 radical (unpaired) electrons. The molecule has 152 valence electrons. The molecule has 1 aliphatic heterocycles. The Balaban J connectivity index is 1.94. The summed E-state index contributed by atoms with van der Waals surface area (Å²) in [5.74, 6) is -2.93. The van der Waals surface area contributed by atoms with Crippen LogP contribution in [0.15, 0.2) is 29.4 Å². The molecule has 29 heavy (non-hydrogen) atoms. The maximum Gasteiger partial charge on any atom is 0.424 e. The highest BCUT2D eigenvalue weighted by Crippen LogP contribution is 2.22. The van der Waals surface area contributed by atoms with Crippen LogP contribution in [0, 0.1) is 5.92 Å². The second kappa shape index (κ2) is 9.58. The van der Waals surface area contributed by atoms with Gasteiger partial charge in [0.15, 0.2) is 0 Å². The molecule has 0 aliphatic carbocycles. The van der Waals surface area contributed by atoms with Crippen LogP contribution in [-0.2, 0) is 25.8 Å². The minimum absolute atomic E-state index is 0.0333. The first-order valence-electron chi connectivity index (χ1n) is 8.57.